The lowest BCUT2D eigenvalue weighted by molar-refractivity contribution is -0.144. The van der Waals surface area contributed by atoms with Crippen molar-refractivity contribution < 1.29 is 13.2 Å². The minimum absolute atomic E-state index is 0.0291. The zero-order valence-corrected chi connectivity index (χ0v) is 10.1. The summed E-state index contributed by atoms with van der Waals surface area (Å²) in [6.07, 6.45) is -4.73. The Kier molecular flexibility index (Phi) is 2.81. The Morgan fingerprint density at radius 2 is 1.78 bits per heavy atom. The van der Waals surface area contributed by atoms with Crippen LogP contribution in [0.5, 0.6) is 0 Å². The maximum absolute atomic E-state index is 12.5. The zero-order valence-electron chi connectivity index (χ0n) is 9.31. The number of halogens is 4. The number of aryl methyl sites for hydroxylation is 2. The van der Waals surface area contributed by atoms with Gasteiger partial charge in [-0.05, 0) is 13.8 Å². The lowest BCUT2D eigenvalue weighted by atomic mass is 10.2. The second-order valence-corrected chi connectivity index (χ2v) is 4.11. The van der Waals surface area contributed by atoms with Gasteiger partial charge < -0.3 is 4.98 Å². The molecule has 0 aromatic carbocycles. The Morgan fingerprint density at radius 3 is 2.33 bits per heavy atom. The van der Waals surface area contributed by atoms with E-state index in [1.54, 1.807) is 4.98 Å². The van der Waals surface area contributed by atoms with Crippen molar-refractivity contribution >= 4 is 22.5 Å². The molecular formula is C10H7ClF3N3O. The van der Waals surface area contributed by atoms with Crippen LogP contribution in [0, 0.1) is 13.8 Å². The van der Waals surface area contributed by atoms with Crippen molar-refractivity contribution in [3.63, 3.8) is 0 Å². The average molecular weight is 278 g/mol. The summed E-state index contributed by atoms with van der Waals surface area (Å²) in [5.41, 5.74) is -0.473. The number of H-pyrrole nitrogens is 1. The molecule has 0 aliphatic heterocycles. The van der Waals surface area contributed by atoms with Crippen molar-refractivity contribution in [1.82, 2.24) is 15.0 Å². The summed E-state index contributed by atoms with van der Waals surface area (Å²) in [4.78, 5) is 20.7. The second kappa shape index (κ2) is 3.94. The van der Waals surface area contributed by atoms with Crippen LogP contribution in [0.4, 0.5) is 13.2 Å². The molecule has 0 amide bonds. The minimum atomic E-state index is -4.73. The van der Waals surface area contributed by atoms with Crippen molar-refractivity contribution in [2.45, 2.75) is 20.0 Å². The summed E-state index contributed by atoms with van der Waals surface area (Å²) >= 11 is 5.85. The van der Waals surface area contributed by atoms with E-state index in [1.807, 2.05) is 0 Å². The average Bonchev–Trinajstić information content (AvgIpc) is 2.23. The van der Waals surface area contributed by atoms with E-state index < -0.39 is 17.6 Å². The molecule has 0 bridgehead atoms. The molecule has 0 fully saturated rings. The van der Waals surface area contributed by atoms with Gasteiger partial charge in [0.15, 0.2) is 0 Å². The standard InChI is InChI=1S/C10H7ClF3N3O/c1-3-5-7(6(11)4(2)15-3)16-9(10(12,13)14)17-8(5)18/h1-2H3,(H,16,17,18). The van der Waals surface area contributed by atoms with E-state index in [-0.39, 0.29) is 21.6 Å². The molecule has 0 aliphatic rings. The van der Waals surface area contributed by atoms with Crippen molar-refractivity contribution in [3.05, 3.63) is 32.6 Å². The molecule has 18 heavy (non-hydrogen) atoms. The van der Waals surface area contributed by atoms with Crippen LogP contribution in [0.1, 0.15) is 17.2 Å². The quantitative estimate of drug-likeness (QED) is 0.805. The molecule has 4 nitrogen and oxygen atoms in total. The molecule has 0 saturated carbocycles. The molecule has 2 aromatic heterocycles. The largest absolute Gasteiger partial charge is 0.449 e. The molecule has 0 saturated heterocycles. The first-order valence-electron chi connectivity index (χ1n) is 4.85. The lowest BCUT2D eigenvalue weighted by Crippen LogP contribution is -2.20. The fraction of sp³-hybridized carbons (Fsp3) is 0.300. The van der Waals surface area contributed by atoms with E-state index in [4.69, 9.17) is 11.6 Å². The highest BCUT2D eigenvalue weighted by molar-refractivity contribution is 6.35. The van der Waals surface area contributed by atoms with Crippen LogP contribution in [0.15, 0.2) is 4.79 Å². The highest BCUT2D eigenvalue weighted by atomic mass is 35.5. The van der Waals surface area contributed by atoms with Gasteiger partial charge in [-0.25, -0.2) is 4.98 Å². The van der Waals surface area contributed by atoms with E-state index in [0.717, 1.165) is 0 Å². The summed E-state index contributed by atoms with van der Waals surface area (Å²) in [6, 6.07) is 0. The second-order valence-electron chi connectivity index (χ2n) is 3.73. The third kappa shape index (κ3) is 1.94. The Labute approximate surface area is 104 Å². The number of pyridine rings is 1. The van der Waals surface area contributed by atoms with E-state index in [9.17, 15) is 18.0 Å². The molecule has 0 aliphatic carbocycles. The number of aromatic amines is 1. The number of aromatic nitrogens is 3. The van der Waals surface area contributed by atoms with Gasteiger partial charge in [0, 0.05) is 0 Å². The molecule has 96 valence electrons. The summed E-state index contributed by atoms with van der Waals surface area (Å²) in [5, 5.41) is -0.0780. The summed E-state index contributed by atoms with van der Waals surface area (Å²) in [6.45, 7) is 3.04. The van der Waals surface area contributed by atoms with Crippen LogP contribution in [0.25, 0.3) is 10.9 Å². The first-order chi connectivity index (χ1) is 8.21. The van der Waals surface area contributed by atoms with Gasteiger partial charge in [-0.2, -0.15) is 13.2 Å². The fourth-order valence-electron chi connectivity index (χ4n) is 1.63. The van der Waals surface area contributed by atoms with E-state index in [1.165, 1.54) is 13.8 Å². The molecule has 8 heteroatoms. The predicted octanol–water partition coefficient (Wildman–Crippen LogP) is 2.61. The van der Waals surface area contributed by atoms with Gasteiger partial charge >= 0.3 is 6.18 Å². The van der Waals surface area contributed by atoms with Crippen LogP contribution in [-0.4, -0.2) is 15.0 Å². The van der Waals surface area contributed by atoms with Gasteiger partial charge in [0.2, 0.25) is 5.82 Å². The molecule has 1 N–H and O–H groups in total. The molecule has 0 radical (unpaired) electrons. The van der Waals surface area contributed by atoms with Crippen molar-refractivity contribution in [1.29, 1.82) is 0 Å². The topological polar surface area (TPSA) is 58.6 Å². The van der Waals surface area contributed by atoms with Crippen molar-refractivity contribution in [3.8, 4) is 0 Å². The summed E-state index contributed by atoms with van der Waals surface area (Å²) < 4.78 is 37.6. The van der Waals surface area contributed by atoms with Gasteiger partial charge in [-0.1, -0.05) is 11.6 Å². The Bertz CT molecular complexity index is 693. The number of nitrogens with zero attached hydrogens (tertiary/aromatic N) is 2. The fourth-order valence-corrected chi connectivity index (χ4v) is 1.81. The van der Waals surface area contributed by atoms with Crippen LogP contribution < -0.4 is 5.56 Å². The third-order valence-corrected chi connectivity index (χ3v) is 2.86. The van der Waals surface area contributed by atoms with Crippen molar-refractivity contribution in [2.24, 2.45) is 0 Å². The van der Waals surface area contributed by atoms with Gasteiger partial charge in [-0.3, -0.25) is 9.78 Å². The zero-order chi connectivity index (χ0) is 13.7. The Morgan fingerprint density at radius 1 is 1.17 bits per heavy atom. The number of rotatable bonds is 0. The van der Waals surface area contributed by atoms with E-state index in [2.05, 4.69) is 9.97 Å². The predicted molar refractivity (Wildman–Crippen MR) is 59.6 cm³/mol. The maximum Gasteiger partial charge on any atom is 0.449 e. The number of hydrogen-bond donors (Lipinski definition) is 1. The molecule has 2 rings (SSSR count). The SMILES string of the molecule is Cc1nc(C)c2c(=O)[nH]c(C(F)(F)F)nc2c1Cl. The number of hydrogen-bond acceptors (Lipinski definition) is 3. The van der Waals surface area contributed by atoms with Crippen molar-refractivity contribution in [2.75, 3.05) is 0 Å². The number of fused-ring (bicyclic) bond motifs is 1. The van der Waals surface area contributed by atoms with Crippen LogP contribution in [0.2, 0.25) is 5.02 Å². The van der Waals surface area contributed by atoms with Gasteiger partial charge in [0.05, 0.1) is 21.8 Å². The molecule has 0 unspecified atom stereocenters. The summed E-state index contributed by atoms with van der Waals surface area (Å²) in [7, 11) is 0. The van der Waals surface area contributed by atoms with Gasteiger partial charge in [0.25, 0.3) is 5.56 Å². The Hall–Kier alpha value is -1.63. The Balaban J connectivity index is 2.97. The minimum Gasteiger partial charge on any atom is -0.302 e. The molecule has 0 atom stereocenters. The number of nitrogens with one attached hydrogen (secondary N) is 1. The highest BCUT2D eigenvalue weighted by Gasteiger charge is 2.35. The number of alkyl halides is 3. The first-order valence-corrected chi connectivity index (χ1v) is 5.23. The molecule has 0 spiro atoms. The van der Waals surface area contributed by atoms with Crippen LogP contribution in [-0.2, 0) is 6.18 Å². The lowest BCUT2D eigenvalue weighted by Gasteiger charge is -2.09. The highest BCUT2D eigenvalue weighted by Crippen LogP contribution is 2.29. The summed E-state index contributed by atoms with van der Waals surface area (Å²) in [5.74, 6) is -1.37. The molecule has 2 aromatic rings. The maximum atomic E-state index is 12.5. The molecular weight excluding hydrogens is 271 g/mol. The normalized spacial score (nSPS) is 12.1. The first kappa shape index (κ1) is 12.8. The third-order valence-electron chi connectivity index (χ3n) is 2.41. The van der Waals surface area contributed by atoms with Crippen LogP contribution in [0.3, 0.4) is 0 Å². The van der Waals surface area contributed by atoms with E-state index in [0.29, 0.717) is 5.69 Å². The van der Waals surface area contributed by atoms with Gasteiger partial charge in [-0.15, -0.1) is 0 Å². The van der Waals surface area contributed by atoms with Crippen LogP contribution >= 0.6 is 11.6 Å². The molecule has 2 heterocycles. The van der Waals surface area contributed by atoms with E-state index >= 15 is 0 Å². The monoisotopic (exact) mass is 277 g/mol. The smallest absolute Gasteiger partial charge is 0.302 e. The van der Waals surface area contributed by atoms with Gasteiger partial charge in [0.1, 0.15) is 5.52 Å².